The third-order valence-corrected chi connectivity index (χ3v) is 14.4. The van der Waals surface area contributed by atoms with Gasteiger partial charge in [0.25, 0.3) is 0 Å². The number of nitrogens with one attached hydrogen (secondary N) is 2. The minimum atomic E-state index is 0. The number of unbranched alkanes of at least 4 members (excludes halogenated alkanes) is 2. The molecule has 15 heteroatoms. The van der Waals surface area contributed by atoms with Crippen molar-refractivity contribution in [3.05, 3.63) is 177 Å². The monoisotopic (exact) mass is 1080 g/mol. The van der Waals surface area contributed by atoms with Crippen molar-refractivity contribution in [1.29, 1.82) is 0 Å². The number of hydrogen-bond donors (Lipinski definition) is 2. The molecule has 13 nitrogen and oxygen atoms in total. The van der Waals surface area contributed by atoms with Crippen LogP contribution in [0.5, 0.6) is 11.5 Å². The number of anilines is 4. The second-order valence-corrected chi connectivity index (χ2v) is 19.1. The van der Waals surface area contributed by atoms with E-state index in [-0.39, 0.29) is 41.1 Å². The number of fused-ring (bicyclic) bond motifs is 2. The van der Waals surface area contributed by atoms with Gasteiger partial charge in [-0.1, -0.05) is 97.1 Å². The Bertz CT molecular complexity index is 3020. The molecule has 0 bridgehead atoms. The maximum Gasteiger partial charge on any atom is 0.196 e. The van der Waals surface area contributed by atoms with Crippen LogP contribution in [0.15, 0.2) is 164 Å². The van der Waals surface area contributed by atoms with Gasteiger partial charge in [-0.15, -0.1) is 24.8 Å². The number of halogens is 2. The normalized spacial score (nSPS) is 13.6. The molecule has 0 unspecified atom stereocenters. The van der Waals surface area contributed by atoms with Crippen LogP contribution < -0.4 is 40.8 Å². The standard InChI is InChI=1S/2C31H35N3O3.2ClH.H2O/c2*1-23-29(35)25-13-10-14-26(31(25)37-30(23)24-11-4-3-5-12-24)32-17-8-9-18-33-19-21-34(22-20-33)27-15-6-7-16-28(27)36-2;;;/h2*3-7,10-16,32H,8-9,17-22H2,1-2H3;2*1H;1H2. The van der Waals surface area contributed by atoms with Gasteiger partial charge < -0.3 is 44.2 Å². The molecule has 408 valence electrons. The fourth-order valence-corrected chi connectivity index (χ4v) is 10.2. The van der Waals surface area contributed by atoms with Crippen LogP contribution in [-0.2, 0) is 0 Å². The van der Waals surface area contributed by atoms with E-state index in [1.807, 2.05) is 135 Å². The lowest BCUT2D eigenvalue weighted by atomic mass is 10.1. The molecule has 0 spiro atoms. The van der Waals surface area contributed by atoms with Crippen molar-refractivity contribution in [1.82, 2.24) is 9.80 Å². The summed E-state index contributed by atoms with van der Waals surface area (Å²) in [5, 5.41) is 8.28. The smallest absolute Gasteiger partial charge is 0.196 e. The first-order chi connectivity index (χ1) is 36.3. The maximum atomic E-state index is 13.1. The zero-order valence-electron chi connectivity index (χ0n) is 44.7. The van der Waals surface area contributed by atoms with Gasteiger partial charge in [0.2, 0.25) is 0 Å². The zero-order valence-corrected chi connectivity index (χ0v) is 46.4. The van der Waals surface area contributed by atoms with E-state index in [0.29, 0.717) is 44.6 Å². The highest BCUT2D eigenvalue weighted by molar-refractivity contribution is 5.91. The number of methoxy groups -OCH3 is 2. The Morgan fingerprint density at radius 2 is 0.818 bits per heavy atom. The fraction of sp³-hybridized carbons (Fsp3) is 0.323. The minimum absolute atomic E-state index is 0. The molecule has 0 atom stereocenters. The van der Waals surface area contributed by atoms with Crippen molar-refractivity contribution in [3.63, 3.8) is 0 Å². The van der Waals surface area contributed by atoms with Gasteiger partial charge in [0, 0.05) is 87.7 Å². The molecular formula is C62H74Cl2N6O7. The topological polar surface area (TPSA) is 147 Å². The van der Waals surface area contributed by atoms with Gasteiger partial charge in [-0.3, -0.25) is 19.4 Å². The lowest BCUT2D eigenvalue weighted by molar-refractivity contribution is 0.253. The predicted molar refractivity (Wildman–Crippen MR) is 322 cm³/mol. The van der Waals surface area contributed by atoms with Gasteiger partial charge in [0.15, 0.2) is 22.0 Å². The van der Waals surface area contributed by atoms with E-state index < -0.39 is 0 Å². The van der Waals surface area contributed by atoms with E-state index in [2.05, 4.69) is 54.5 Å². The van der Waals surface area contributed by atoms with E-state index in [1.54, 1.807) is 14.2 Å². The molecule has 77 heavy (non-hydrogen) atoms. The predicted octanol–water partition coefficient (Wildman–Crippen LogP) is 11.6. The number of hydrogen-bond acceptors (Lipinski definition) is 12. The van der Waals surface area contributed by atoms with E-state index >= 15 is 0 Å². The molecule has 2 aliphatic heterocycles. The molecule has 10 rings (SSSR count). The Hall–Kier alpha value is -7.00. The number of para-hydroxylation sites is 6. The summed E-state index contributed by atoms with van der Waals surface area (Å²) in [4.78, 5) is 36.0. The lowest BCUT2D eigenvalue weighted by Crippen LogP contribution is -2.46. The second kappa shape index (κ2) is 28.9. The maximum absolute atomic E-state index is 13.1. The number of piperazine rings is 2. The summed E-state index contributed by atoms with van der Waals surface area (Å²) in [7, 11) is 3.47. The minimum Gasteiger partial charge on any atom is -0.495 e. The first-order valence-electron chi connectivity index (χ1n) is 26.2. The Kier molecular flexibility index (Phi) is 22.3. The summed E-state index contributed by atoms with van der Waals surface area (Å²) >= 11 is 0. The second-order valence-electron chi connectivity index (χ2n) is 19.1. The van der Waals surface area contributed by atoms with Crippen molar-refractivity contribution in [2.24, 2.45) is 0 Å². The Balaban J connectivity index is 0.000000240. The molecule has 2 aliphatic rings. The molecule has 4 N–H and O–H groups in total. The molecule has 2 aromatic heterocycles. The van der Waals surface area contributed by atoms with E-state index in [4.69, 9.17) is 18.3 Å². The highest BCUT2D eigenvalue weighted by Gasteiger charge is 2.22. The molecular weight excluding hydrogens is 1010 g/mol. The van der Waals surface area contributed by atoms with Crippen LogP contribution >= 0.6 is 24.8 Å². The van der Waals surface area contributed by atoms with Crippen LogP contribution in [0.2, 0.25) is 0 Å². The van der Waals surface area contributed by atoms with Gasteiger partial charge >= 0.3 is 0 Å². The van der Waals surface area contributed by atoms with Gasteiger partial charge in [0.1, 0.15) is 23.0 Å². The van der Waals surface area contributed by atoms with Crippen molar-refractivity contribution in [2.45, 2.75) is 39.5 Å². The summed E-state index contributed by atoms with van der Waals surface area (Å²) < 4.78 is 23.7. The van der Waals surface area contributed by atoms with Crippen LogP contribution in [0.4, 0.5) is 22.7 Å². The van der Waals surface area contributed by atoms with E-state index in [1.165, 1.54) is 11.4 Å². The molecule has 0 aliphatic carbocycles. The molecule has 0 saturated carbocycles. The summed E-state index contributed by atoms with van der Waals surface area (Å²) in [5.74, 6) is 3.16. The third kappa shape index (κ3) is 14.3. The summed E-state index contributed by atoms with van der Waals surface area (Å²) in [6.07, 6.45) is 4.32. The van der Waals surface area contributed by atoms with Gasteiger partial charge in [-0.2, -0.15) is 0 Å². The van der Waals surface area contributed by atoms with Crippen LogP contribution in [-0.4, -0.2) is 108 Å². The number of benzene rings is 6. The SMILES string of the molecule is COc1ccccc1N1CCN(CCCCNc2cccc3c(=O)c(C)c(-c4ccccc4)oc23)CC1.COc1ccccc1N1CCN(CCCCNc2cccc3c(=O)c(C)c(-c4ccccc4)oc23)CC1.Cl.Cl.O. The molecule has 2 saturated heterocycles. The number of rotatable bonds is 18. The first-order valence-corrected chi connectivity index (χ1v) is 26.2. The quantitative estimate of drug-likeness (QED) is 0.0788. The molecule has 0 amide bonds. The summed E-state index contributed by atoms with van der Waals surface area (Å²) in [6.45, 7) is 15.8. The molecule has 8 aromatic rings. The van der Waals surface area contributed by atoms with E-state index in [0.717, 1.165) is 138 Å². The summed E-state index contributed by atoms with van der Waals surface area (Å²) in [5.41, 5.74) is 8.53. The molecule has 0 radical (unpaired) electrons. The molecule has 4 heterocycles. The Morgan fingerprint density at radius 1 is 0.455 bits per heavy atom. The Morgan fingerprint density at radius 3 is 1.19 bits per heavy atom. The van der Waals surface area contributed by atoms with Crippen LogP contribution in [0.25, 0.3) is 44.6 Å². The Labute approximate surface area is 464 Å². The van der Waals surface area contributed by atoms with Gasteiger partial charge in [-0.25, -0.2) is 0 Å². The van der Waals surface area contributed by atoms with Gasteiger partial charge in [0.05, 0.1) is 47.7 Å². The third-order valence-electron chi connectivity index (χ3n) is 14.4. The zero-order chi connectivity index (χ0) is 51.2. The van der Waals surface area contributed by atoms with Crippen molar-refractivity contribution < 1.29 is 23.8 Å². The van der Waals surface area contributed by atoms with Crippen molar-refractivity contribution >= 4 is 69.5 Å². The number of nitrogens with zero attached hydrogens (tertiary/aromatic N) is 4. The molecule has 6 aromatic carbocycles. The highest BCUT2D eigenvalue weighted by Crippen LogP contribution is 2.33. The first kappa shape index (κ1) is 59.2. The lowest BCUT2D eigenvalue weighted by Gasteiger charge is -2.36. The fourth-order valence-electron chi connectivity index (χ4n) is 10.2. The van der Waals surface area contributed by atoms with Crippen molar-refractivity contribution in [2.75, 3.05) is 113 Å². The molecule has 2 fully saturated rings. The highest BCUT2D eigenvalue weighted by atomic mass is 35.5. The number of ether oxygens (including phenoxy) is 2. The van der Waals surface area contributed by atoms with Crippen LogP contribution in [0.1, 0.15) is 36.8 Å². The van der Waals surface area contributed by atoms with Crippen molar-refractivity contribution in [3.8, 4) is 34.1 Å². The average molecular weight is 1090 g/mol. The van der Waals surface area contributed by atoms with Crippen LogP contribution in [0, 0.1) is 13.8 Å². The van der Waals surface area contributed by atoms with Gasteiger partial charge in [-0.05, 0) is 101 Å². The summed E-state index contributed by atoms with van der Waals surface area (Å²) in [6, 6.07) is 47.7. The average Bonchev–Trinajstić information content (AvgIpc) is 3.46. The van der Waals surface area contributed by atoms with E-state index in [9.17, 15) is 9.59 Å². The largest absolute Gasteiger partial charge is 0.495 e. The van der Waals surface area contributed by atoms with Crippen LogP contribution in [0.3, 0.4) is 0 Å².